The summed E-state index contributed by atoms with van der Waals surface area (Å²) in [7, 11) is 0. The van der Waals surface area contributed by atoms with Crippen molar-refractivity contribution in [1.29, 1.82) is 0 Å². The molecule has 68 valence electrons. The number of H-pyrrole nitrogens is 1. The van der Waals surface area contributed by atoms with Crippen LogP contribution in [0, 0.1) is 5.82 Å². The van der Waals surface area contributed by atoms with Gasteiger partial charge >= 0.3 is 0 Å². The van der Waals surface area contributed by atoms with Crippen molar-refractivity contribution in [2.24, 2.45) is 5.73 Å². The number of halogens is 1. The molecule has 13 heavy (non-hydrogen) atoms. The molecule has 3 N–H and O–H groups in total. The molecule has 1 heterocycles. The summed E-state index contributed by atoms with van der Waals surface area (Å²) < 4.78 is 12.8. The summed E-state index contributed by atoms with van der Waals surface area (Å²) in [5.74, 6) is -0.282. The van der Waals surface area contributed by atoms with Gasteiger partial charge < -0.3 is 5.73 Å². The van der Waals surface area contributed by atoms with Gasteiger partial charge in [0.15, 0.2) is 0 Å². The van der Waals surface area contributed by atoms with Crippen molar-refractivity contribution in [3.05, 3.63) is 29.7 Å². The van der Waals surface area contributed by atoms with Gasteiger partial charge in [-0.2, -0.15) is 5.10 Å². The molecule has 1 aromatic heterocycles. The van der Waals surface area contributed by atoms with E-state index in [1.807, 2.05) is 6.92 Å². The highest BCUT2D eigenvalue weighted by Gasteiger charge is 2.08. The molecule has 0 aliphatic rings. The first-order valence-electron chi connectivity index (χ1n) is 4.07. The minimum absolute atomic E-state index is 0.115. The Bertz CT molecular complexity index is 433. The Balaban J connectivity index is 2.69. The summed E-state index contributed by atoms with van der Waals surface area (Å²) >= 11 is 0. The second kappa shape index (κ2) is 2.81. The highest BCUT2D eigenvalue weighted by molar-refractivity contribution is 5.81. The zero-order valence-corrected chi connectivity index (χ0v) is 7.21. The SMILES string of the molecule is CC(N)c1[nH]nc2cc(F)ccc12. The maximum absolute atomic E-state index is 12.8. The van der Waals surface area contributed by atoms with Crippen LogP contribution < -0.4 is 5.73 Å². The van der Waals surface area contributed by atoms with Gasteiger partial charge in [0.2, 0.25) is 0 Å². The maximum Gasteiger partial charge on any atom is 0.125 e. The van der Waals surface area contributed by atoms with Crippen molar-refractivity contribution in [3.63, 3.8) is 0 Å². The van der Waals surface area contributed by atoms with Crippen LogP contribution in [0.1, 0.15) is 18.7 Å². The van der Waals surface area contributed by atoms with Gasteiger partial charge in [-0.25, -0.2) is 4.39 Å². The number of hydrogen-bond acceptors (Lipinski definition) is 2. The highest BCUT2D eigenvalue weighted by atomic mass is 19.1. The van der Waals surface area contributed by atoms with Crippen molar-refractivity contribution >= 4 is 10.9 Å². The number of rotatable bonds is 1. The standard InChI is InChI=1S/C9H10FN3/c1-5(11)9-7-3-2-6(10)4-8(7)12-13-9/h2-5H,11H2,1H3,(H,12,13). The van der Waals surface area contributed by atoms with Gasteiger partial charge in [-0.15, -0.1) is 0 Å². The predicted molar refractivity (Wildman–Crippen MR) is 48.7 cm³/mol. The topological polar surface area (TPSA) is 54.7 Å². The van der Waals surface area contributed by atoms with Crippen LogP contribution in [0.15, 0.2) is 18.2 Å². The number of nitrogens with one attached hydrogen (secondary N) is 1. The second-order valence-electron chi connectivity index (χ2n) is 3.09. The van der Waals surface area contributed by atoms with Crippen LogP contribution in [0.5, 0.6) is 0 Å². The van der Waals surface area contributed by atoms with Crippen molar-refractivity contribution in [1.82, 2.24) is 10.2 Å². The Labute approximate surface area is 74.7 Å². The van der Waals surface area contributed by atoms with Gasteiger partial charge in [0.05, 0.1) is 11.2 Å². The Morgan fingerprint density at radius 2 is 2.31 bits per heavy atom. The average molecular weight is 179 g/mol. The minimum atomic E-state index is -0.282. The smallest absolute Gasteiger partial charge is 0.125 e. The van der Waals surface area contributed by atoms with Crippen molar-refractivity contribution in [2.45, 2.75) is 13.0 Å². The molecule has 3 nitrogen and oxygen atoms in total. The molecular weight excluding hydrogens is 169 g/mol. The Kier molecular flexibility index (Phi) is 1.77. The fourth-order valence-corrected chi connectivity index (χ4v) is 1.35. The molecule has 0 aliphatic heterocycles. The molecule has 4 heteroatoms. The molecule has 2 rings (SSSR count). The molecule has 0 fully saturated rings. The monoisotopic (exact) mass is 179 g/mol. The van der Waals surface area contributed by atoms with Gasteiger partial charge in [-0.1, -0.05) is 0 Å². The first-order valence-corrected chi connectivity index (χ1v) is 4.07. The number of hydrogen-bond donors (Lipinski definition) is 2. The third-order valence-corrected chi connectivity index (χ3v) is 2.00. The van der Waals surface area contributed by atoms with Crippen LogP contribution in [-0.2, 0) is 0 Å². The van der Waals surface area contributed by atoms with Gasteiger partial charge in [0.25, 0.3) is 0 Å². The first kappa shape index (κ1) is 8.19. The van der Waals surface area contributed by atoms with E-state index in [0.717, 1.165) is 11.1 Å². The number of nitrogens with two attached hydrogens (primary N) is 1. The lowest BCUT2D eigenvalue weighted by molar-refractivity contribution is 0.629. The molecule has 0 radical (unpaired) electrons. The van der Waals surface area contributed by atoms with Crippen LogP contribution in [0.3, 0.4) is 0 Å². The molecule has 1 aromatic carbocycles. The van der Waals surface area contributed by atoms with E-state index in [-0.39, 0.29) is 11.9 Å². The van der Waals surface area contributed by atoms with E-state index in [0.29, 0.717) is 5.52 Å². The van der Waals surface area contributed by atoms with Gasteiger partial charge in [0.1, 0.15) is 5.82 Å². The first-order chi connectivity index (χ1) is 6.18. The lowest BCUT2D eigenvalue weighted by Crippen LogP contribution is -2.05. The van der Waals surface area contributed by atoms with Crippen LogP contribution in [0.25, 0.3) is 10.9 Å². The minimum Gasteiger partial charge on any atom is -0.323 e. The molecule has 0 saturated carbocycles. The van der Waals surface area contributed by atoms with Gasteiger partial charge in [-0.05, 0) is 19.1 Å². The number of benzene rings is 1. The van der Waals surface area contributed by atoms with Crippen molar-refractivity contribution in [3.8, 4) is 0 Å². The quantitative estimate of drug-likeness (QED) is 0.700. The van der Waals surface area contributed by atoms with Crippen LogP contribution >= 0.6 is 0 Å². The summed E-state index contributed by atoms with van der Waals surface area (Å²) in [5, 5.41) is 7.64. The van der Waals surface area contributed by atoms with Crippen molar-refractivity contribution < 1.29 is 4.39 Å². The van der Waals surface area contributed by atoms with E-state index in [1.165, 1.54) is 12.1 Å². The molecular formula is C9H10FN3. The van der Waals surface area contributed by atoms with E-state index < -0.39 is 0 Å². The average Bonchev–Trinajstić information content (AvgIpc) is 2.46. The van der Waals surface area contributed by atoms with Crippen LogP contribution in [0.4, 0.5) is 4.39 Å². The lowest BCUT2D eigenvalue weighted by atomic mass is 10.1. The van der Waals surface area contributed by atoms with E-state index >= 15 is 0 Å². The number of nitrogens with zero attached hydrogens (tertiary/aromatic N) is 1. The summed E-state index contributed by atoms with van der Waals surface area (Å²) in [6.07, 6.45) is 0. The number of fused-ring (bicyclic) bond motifs is 1. The Hall–Kier alpha value is -1.42. The molecule has 0 saturated heterocycles. The maximum atomic E-state index is 12.8. The van der Waals surface area contributed by atoms with E-state index in [2.05, 4.69) is 10.2 Å². The zero-order chi connectivity index (χ0) is 9.42. The molecule has 1 atom stereocenters. The van der Waals surface area contributed by atoms with Crippen LogP contribution in [0.2, 0.25) is 0 Å². The molecule has 2 aromatic rings. The second-order valence-corrected chi connectivity index (χ2v) is 3.09. The molecule has 0 bridgehead atoms. The van der Waals surface area contributed by atoms with E-state index in [4.69, 9.17) is 5.73 Å². The van der Waals surface area contributed by atoms with Crippen LogP contribution in [-0.4, -0.2) is 10.2 Å². The fourth-order valence-electron chi connectivity index (χ4n) is 1.35. The zero-order valence-electron chi connectivity index (χ0n) is 7.21. The third-order valence-electron chi connectivity index (χ3n) is 2.00. The molecule has 0 amide bonds. The summed E-state index contributed by atoms with van der Waals surface area (Å²) in [6, 6.07) is 4.37. The summed E-state index contributed by atoms with van der Waals surface area (Å²) in [6.45, 7) is 1.86. The Morgan fingerprint density at radius 3 is 3.00 bits per heavy atom. The van der Waals surface area contributed by atoms with E-state index in [1.54, 1.807) is 6.07 Å². The predicted octanol–water partition coefficient (Wildman–Crippen LogP) is 1.72. The lowest BCUT2D eigenvalue weighted by Gasteiger charge is -2.00. The van der Waals surface area contributed by atoms with Gasteiger partial charge in [-0.3, -0.25) is 5.10 Å². The van der Waals surface area contributed by atoms with Crippen molar-refractivity contribution in [2.75, 3.05) is 0 Å². The Morgan fingerprint density at radius 1 is 1.54 bits per heavy atom. The highest BCUT2D eigenvalue weighted by Crippen LogP contribution is 2.20. The largest absolute Gasteiger partial charge is 0.323 e. The fraction of sp³-hybridized carbons (Fsp3) is 0.222. The third kappa shape index (κ3) is 1.29. The van der Waals surface area contributed by atoms with E-state index in [9.17, 15) is 4.39 Å². The summed E-state index contributed by atoms with van der Waals surface area (Å²) in [5.41, 5.74) is 7.16. The molecule has 0 spiro atoms. The number of aromatic nitrogens is 2. The molecule has 0 aliphatic carbocycles. The van der Waals surface area contributed by atoms with Gasteiger partial charge in [0, 0.05) is 17.5 Å². The summed E-state index contributed by atoms with van der Waals surface area (Å²) in [4.78, 5) is 0. The molecule has 1 unspecified atom stereocenters. The normalized spacial score (nSPS) is 13.5. The number of aromatic amines is 1.